The monoisotopic (exact) mass is 347 g/mol. The van der Waals surface area contributed by atoms with Crippen LogP contribution in [0.5, 0.6) is 0 Å². The zero-order valence-electron chi connectivity index (χ0n) is 10.3. The minimum atomic E-state index is -1.10. The third-order valence-electron chi connectivity index (χ3n) is 2.23. The molecule has 8 heteroatoms. The van der Waals surface area contributed by atoms with Gasteiger partial charge in [-0.05, 0) is 5.56 Å². The van der Waals surface area contributed by atoms with E-state index >= 15 is 0 Å². The second-order valence-corrected chi connectivity index (χ2v) is 6.91. The highest BCUT2D eigenvalue weighted by Gasteiger charge is 2.14. The van der Waals surface area contributed by atoms with Crippen molar-refractivity contribution in [3.05, 3.63) is 40.9 Å². The number of hydrogen-bond donors (Lipinski definition) is 1. The highest BCUT2D eigenvalue weighted by Crippen LogP contribution is 2.23. The molecule has 1 aromatic heterocycles. The van der Waals surface area contributed by atoms with Crippen molar-refractivity contribution in [3.8, 4) is 0 Å². The topological polar surface area (TPSA) is 54.9 Å². The first-order valence-corrected chi connectivity index (χ1v) is 8.52. The fourth-order valence-electron chi connectivity index (χ4n) is 1.35. The molecule has 0 unspecified atom stereocenters. The lowest BCUT2D eigenvalue weighted by Crippen LogP contribution is -2.18. The van der Waals surface area contributed by atoms with Gasteiger partial charge in [-0.2, -0.15) is 0 Å². The Morgan fingerprint density at radius 2 is 2.00 bits per heavy atom. The van der Waals surface area contributed by atoms with Gasteiger partial charge in [-0.3, -0.25) is 10.1 Å². The average Bonchev–Trinajstić information content (AvgIpc) is 2.87. The summed E-state index contributed by atoms with van der Waals surface area (Å²) in [5.74, 6) is 1.16. The van der Waals surface area contributed by atoms with Gasteiger partial charge in [0, 0.05) is 11.5 Å². The maximum absolute atomic E-state index is 11.3. The van der Waals surface area contributed by atoms with Crippen LogP contribution in [0.3, 0.4) is 0 Å². The first kappa shape index (κ1) is 15.6. The van der Waals surface area contributed by atoms with Crippen LogP contribution in [0.15, 0.2) is 30.3 Å². The fraction of sp³-hybridized carbons (Fsp3) is 0.250. The molecule has 0 spiro atoms. The molecule has 1 amide bonds. The molecule has 0 fully saturated rings. The number of rotatable bonds is 6. The van der Waals surface area contributed by atoms with Crippen molar-refractivity contribution in [1.82, 2.24) is 10.2 Å². The lowest BCUT2D eigenvalue weighted by atomic mass is 10.2. The van der Waals surface area contributed by atoms with Gasteiger partial charge in [0.05, 0.1) is 0 Å². The predicted octanol–water partition coefficient (Wildman–Crippen LogP) is 3.71. The van der Waals surface area contributed by atoms with Crippen LogP contribution in [0.2, 0.25) is 0 Å². The van der Waals surface area contributed by atoms with Crippen molar-refractivity contribution in [3.63, 3.8) is 0 Å². The van der Waals surface area contributed by atoms with Crippen molar-refractivity contribution < 1.29 is 4.79 Å². The summed E-state index contributed by atoms with van der Waals surface area (Å²) in [5, 5.41) is 11.6. The summed E-state index contributed by atoms with van der Waals surface area (Å²) in [4.78, 5) is 10.2. The Bertz CT molecular complexity index is 563. The molecule has 0 saturated heterocycles. The van der Waals surface area contributed by atoms with Crippen molar-refractivity contribution in [2.75, 3.05) is 5.32 Å². The fourth-order valence-corrected chi connectivity index (χ4v) is 3.25. The third kappa shape index (κ3) is 4.94. The summed E-state index contributed by atoms with van der Waals surface area (Å²) in [6, 6.07) is 10.2. The van der Waals surface area contributed by atoms with Crippen molar-refractivity contribution in [1.29, 1.82) is 0 Å². The summed E-state index contributed by atoms with van der Waals surface area (Å²) in [7, 11) is 0. The smallest absolute Gasteiger partial charge is 0.259 e. The zero-order chi connectivity index (χ0) is 14.4. The number of nitrogens with one attached hydrogen (secondary N) is 1. The van der Waals surface area contributed by atoms with Crippen LogP contribution in [0.25, 0.3) is 0 Å². The van der Waals surface area contributed by atoms with E-state index in [-0.39, 0.29) is 0 Å². The van der Waals surface area contributed by atoms with E-state index < -0.39 is 10.7 Å². The number of benzene rings is 1. The minimum Gasteiger partial charge on any atom is -0.298 e. The van der Waals surface area contributed by atoms with Gasteiger partial charge in [-0.1, -0.05) is 64.9 Å². The molecule has 1 heterocycles. The third-order valence-corrected chi connectivity index (χ3v) is 4.67. The molecular formula is C12H11Cl2N3OS2. The van der Waals surface area contributed by atoms with Gasteiger partial charge in [-0.25, -0.2) is 0 Å². The number of hydrogen-bond acceptors (Lipinski definition) is 5. The van der Waals surface area contributed by atoms with Crippen LogP contribution in [0.1, 0.15) is 10.6 Å². The summed E-state index contributed by atoms with van der Waals surface area (Å²) in [6.07, 6.45) is 0. The molecule has 2 aromatic rings. The highest BCUT2D eigenvalue weighted by molar-refractivity contribution is 7.97. The normalized spacial score (nSPS) is 10.8. The molecule has 0 saturated carbocycles. The summed E-state index contributed by atoms with van der Waals surface area (Å²) in [6.45, 7) is 0. The maximum Gasteiger partial charge on any atom is 0.259 e. The highest BCUT2D eigenvalue weighted by atomic mass is 35.5. The Kier molecular flexibility index (Phi) is 6.09. The number of halogens is 2. The van der Waals surface area contributed by atoms with Crippen LogP contribution in [0.4, 0.5) is 5.13 Å². The zero-order valence-corrected chi connectivity index (χ0v) is 13.4. The number of amides is 1. The van der Waals surface area contributed by atoms with Gasteiger partial charge in [0.2, 0.25) is 5.13 Å². The largest absolute Gasteiger partial charge is 0.298 e. The number of alkyl halides is 2. The SMILES string of the molecule is O=C(Nc1nnc(CSCc2ccccc2)s1)C(Cl)Cl. The molecule has 0 bridgehead atoms. The molecule has 0 aliphatic rings. The van der Waals surface area contributed by atoms with E-state index in [2.05, 4.69) is 27.6 Å². The Hall–Kier alpha value is -0.820. The van der Waals surface area contributed by atoms with E-state index in [0.717, 1.165) is 16.5 Å². The molecule has 1 N–H and O–H groups in total. The first-order valence-electron chi connectivity index (χ1n) is 5.68. The van der Waals surface area contributed by atoms with E-state index in [4.69, 9.17) is 23.2 Å². The molecule has 0 aliphatic carbocycles. The van der Waals surface area contributed by atoms with Gasteiger partial charge in [0.15, 0.2) is 4.84 Å². The number of aromatic nitrogens is 2. The Morgan fingerprint density at radius 1 is 1.25 bits per heavy atom. The number of carbonyl (C=O) groups is 1. The summed E-state index contributed by atoms with van der Waals surface area (Å²) >= 11 is 13.9. The van der Waals surface area contributed by atoms with Crippen molar-refractivity contribution >= 4 is 57.3 Å². The number of nitrogens with zero attached hydrogens (tertiary/aromatic N) is 2. The van der Waals surface area contributed by atoms with Crippen LogP contribution < -0.4 is 5.32 Å². The maximum atomic E-state index is 11.3. The molecule has 2 rings (SSSR count). The van der Waals surface area contributed by atoms with E-state index in [9.17, 15) is 4.79 Å². The first-order chi connectivity index (χ1) is 9.65. The van der Waals surface area contributed by atoms with E-state index in [1.54, 1.807) is 11.8 Å². The van der Waals surface area contributed by atoms with E-state index in [1.165, 1.54) is 16.9 Å². The predicted molar refractivity (Wildman–Crippen MR) is 85.5 cm³/mol. The Morgan fingerprint density at radius 3 is 2.70 bits per heavy atom. The Labute approximate surface area is 134 Å². The van der Waals surface area contributed by atoms with Gasteiger partial charge < -0.3 is 0 Å². The number of thioether (sulfide) groups is 1. The van der Waals surface area contributed by atoms with Crippen molar-refractivity contribution in [2.24, 2.45) is 0 Å². The summed E-state index contributed by atoms with van der Waals surface area (Å²) < 4.78 is 0. The minimum absolute atomic E-state index is 0.414. The van der Waals surface area contributed by atoms with Gasteiger partial charge in [0.25, 0.3) is 5.91 Å². The van der Waals surface area contributed by atoms with Crippen LogP contribution in [0, 0.1) is 0 Å². The lowest BCUT2D eigenvalue weighted by Gasteiger charge is -1.99. The number of carbonyl (C=O) groups excluding carboxylic acids is 1. The molecule has 4 nitrogen and oxygen atoms in total. The molecule has 106 valence electrons. The van der Waals surface area contributed by atoms with Crippen LogP contribution in [-0.2, 0) is 16.3 Å². The summed E-state index contributed by atoms with van der Waals surface area (Å²) in [5.41, 5.74) is 1.27. The van der Waals surface area contributed by atoms with E-state index in [0.29, 0.717) is 5.13 Å². The number of anilines is 1. The van der Waals surface area contributed by atoms with Gasteiger partial charge in [-0.15, -0.1) is 22.0 Å². The van der Waals surface area contributed by atoms with Crippen LogP contribution >= 0.6 is 46.3 Å². The Balaban J connectivity index is 1.80. The van der Waals surface area contributed by atoms with Gasteiger partial charge >= 0.3 is 0 Å². The molecule has 0 aliphatic heterocycles. The average molecular weight is 348 g/mol. The van der Waals surface area contributed by atoms with Crippen molar-refractivity contribution in [2.45, 2.75) is 16.3 Å². The molecule has 1 aromatic carbocycles. The standard InChI is InChI=1S/C12H11Cl2N3OS2/c13-10(14)11(18)15-12-17-16-9(20-12)7-19-6-8-4-2-1-3-5-8/h1-5,10H,6-7H2,(H,15,17,18). The van der Waals surface area contributed by atoms with Crippen LogP contribution in [-0.4, -0.2) is 20.9 Å². The second kappa shape index (κ2) is 7.83. The lowest BCUT2D eigenvalue weighted by molar-refractivity contribution is -0.114. The molecular weight excluding hydrogens is 337 g/mol. The quantitative estimate of drug-likeness (QED) is 0.809. The molecule has 0 radical (unpaired) electrons. The molecule has 20 heavy (non-hydrogen) atoms. The van der Waals surface area contributed by atoms with E-state index in [1.807, 2.05) is 18.2 Å². The molecule has 0 atom stereocenters. The second-order valence-electron chi connectivity index (χ2n) is 3.77. The van der Waals surface area contributed by atoms with Gasteiger partial charge in [0.1, 0.15) is 5.01 Å².